The van der Waals surface area contributed by atoms with Gasteiger partial charge in [-0.1, -0.05) is 23.7 Å². The zero-order valence-electron chi connectivity index (χ0n) is 7.42. The normalized spacial score (nSPS) is 18.5. The molecular weight excluding hydrogens is 147 g/mol. The maximum absolute atomic E-state index is 5.77. The van der Waals surface area contributed by atoms with Crippen LogP contribution in [0, 0.1) is 0 Å². The van der Waals surface area contributed by atoms with Crippen molar-refractivity contribution in [1.29, 1.82) is 0 Å². The molecule has 2 heteroatoms. The van der Waals surface area contributed by atoms with E-state index in [-0.39, 0.29) is 5.60 Å². The Hall–Kier alpha value is -0.915. The molecular formula is C10H11BO. The van der Waals surface area contributed by atoms with Crippen LogP contribution in [0.4, 0.5) is 0 Å². The molecule has 0 amide bonds. The summed E-state index contributed by atoms with van der Waals surface area (Å²) >= 11 is 0. The number of hydrogen-bond acceptors (Lipinski definition) is 1. The van der Waals surface area contributed by atoms with Crippen LogP contribution in [0.25, 0.3) is 0 Å². The summed E-state index contributed by atoms with van der Waals surface area (Å²) < 4.78 is 5.70. The molecule has 1 nitrogen and oxygen atoms in total. The van der Waals surface area contributed by atoms with Crippen molar-refractivity contribution in [3.8, 4) is 5.75 Å². The molecule has 0 unspecified atom stereocenters. The Morgan fingerprint density at radius 2 is 2.17 bits per heavy atom. The van der Waals surface area contributed by atoms with Gasteiger partial charge in [-0.2, -0.15) is 0 Å². The highest BCUT2D eigenvalue weighted by molar-refractivity contribution is 6.34. The fourth-order valence-corrected chi connectivity index (χ4v) is 1.64. The summed E-state index contributed by atoms with van der Waals surface area (Å²) in [4.78, 5) is 0. The lowest BCUT2D eigenvalue weighted by atomic mass is 9.92. The van der Waals surface area contributed by atoms with Crippen LogP contribution in [0.1, 0.15) is 19.4 Å². The zero-order chi connectivity index (χ0) is 8.77. The highest BCUT2D eigenvalue weighted by atomic mass is 16.5. The van der Waals surface area contributed by atoms with E-state index in [4.69, 9.17) is 12.6 Å². The number of ether oxygens (including phenoxy) is 1. The molecule has 0 bridgehead atoms. The van der Waals surface area contributed by atoms with Gasteiger partial charge in [0.25, 0.3) is 0 Å². The lowest BCUT2D eigenvalue weighted by Gasteiger charge is -2.17. The standard InChI is InChI=1S/C10H11BO/c1-10(2)6-7-4-3-5-8(11)9(7)12-10/h3-5H,6H2,1-2H3. The van der Waals surface area contributed by atoms with Crippen LogP contribution in [-0.2, 0) is 6.42 Å². The van der Waals surface area contributed by atoms with Gasteiger partial charge in [0.15, 0.2) is 0 Å². The fraction of sp³-hybridized carbons (Fsp3) is 0.400. The first-order valence-corrected chi connectivity index (χ1v) is 4.15. The Labute approximate surface area is 74.2 Å². The minimum atomic E-state index is -0.0855. The van der Waals surface area contributed by atoms with Crippen LogP contribution < -0.4 is 10.2 Å². The summed E-state index contributed by atoms with van der Waals surface area (Å²) in [6.45, 7) is 4.15. The van der Waals surface area contributed by atoms with Gasteiger partial charge in [-0.3, -0.25) is 0 Å². The summed E-state index contributed by atoms with van der Waals surface area (Å²) in [7, 11) is 5.77. The minimum Gasteiger partial charge on any atom is -0.488 e. The number of fused-ring (bicyclic) bond motifs is 1. The summed E-state index contributed by atoms with van der Waals surface area (Å²) in [5.41, 5.74) is 1.88. The lowest BCUT2D eigenvalue weighted by molar-refractivity contribution is 0.139. The Kier molecular flexibility index (Phi) is 1.47. The highest BCUT2D eigenvalue weighted by Gasteiger charge is 2.30. The van der Waals surface area contributed by atoms with Gasteiger partial charge < -0.3 is 4.74 Å². The van der Waals surface area contributed by atoms with E-state index in [2.05, 4.69) is 19.9 Å². The van der Waals surface area contributed by atoms with Crippen molar-refractivity contribution in [3.63, 3.8) is 0 Å². The molecule has 1 aliphatic heterocycles. The first-order chi connectivity index (χ1) is 5.58. The SMILES string of the molecule is [B]c1cccc2c1OC(C)(C)C2. The highest BCUT2D eigenvalue weighted by Crippen LogP contribution is 2.32. The van der Waals surface area contributed by atoms with Crippen molar-refractivity contribution in [2.75, 3.05) is 0 Å². The number of hydrogen-bond donors (Lipinski definition) is 0. The van der Waals surface area contributed by atoms with Crippen molar-refractivity contribution < 1.29 is 4.74 Å². The largest absolute Gasteiger partial charge is 0.488 e. The Balaban J connectivity index is 2.48. The van der Waals surface area contributed by atoms with E-state index in [0.717, 1.165) is 17.6 Å². The fourth-order valence-electron chi connectivity index (χ4n) is 1.64. The third-order valence-corrected chi connectivity index (χ3v) is 2.12. The van der Waals surface area contributed by atoms with E-state index in [0.29, 0.717) is 0 Å². The third-order valence-electron chi connectivity index (χ3n) is 2.12. The number of rotatable bonds is 0. The third kappa shape index (κ3) is 1.11. The van der Waals surface area contributed by atoms with Crippen LogP contribution in [0.2, 0.25) is 0 Å². The molecule has 1 aromatic carbocycles. The maximum atomic E-state index is 5.77. The van der Waals surface area contributed by atoms with Crippen LogP contribution in [0.3, 0.4) is 0 Å². The lowest BCUT2D eigenvalue weighted by Crippen LogP contribution is -2.25. The summed E-state index contributed by atoms with van der Waals surface area (Å²) in [5.74, 6) is 0.877. The number of benzene rings is 1. The first-order valence-electron chi connectivity index (χ1n) is 4.15. The predicted octanol–water partition coefficient (Wildman–Crippen LogP) is 1.19. The van der Waals surface area contributed by atoms with E-state index in [1.54, 1.807) is 0 Å². The number of para-hydroxylation sites is 1. The van der Waals surface area contributed by atoms with Gasteiger partial charge in [0.1, 0.15) is 19.2 Å². The van der Waals surface area contributed by atoms with Crippen molar-refractivity contribution in [1.82, 2.24) is 0 Å². The molecule has 2 rings (SSSR count). The van der Waals surface area contributed by atoms with Crippen LogP contribution >= 0.6 is 0 Å². The molecule has 60 valence electrons. The van der Waals surface area contributed by atoms with Crippen molar-refractivity contribution >= 4 is 13.3 Å². The van der Waals surface area contributed by atoms with Gasteiger partial charge in [0, 0.05) is 6.42 Å². The van der Waals surface area contributed by atoms with Crippen LogP contribution in [0.15, 0.2) is 18.2 Å². The molecule has 2 radical (unpaired) electrons. The van der Waals surface area contributed by atoms with E-state index in [9.17, 15) is 0 Å². The monoisotopic (exact) mass is 158 g/mol. The molecule has 0 saturated heterocycles. The van der Waals surface area contributed by atoms with Gasteiger partial charge in [-0.05, 0) is 19.4 Å². The Morgan fingerprint density at radius 1 is 1.42 bits per heavy atom. The average Bonchev–Trinajstić information content (AvgIpc) is 2.25. The van der Waals surface area contributed by atoms with Gasteiger partial charge in [0.2, 0.25) is 0 Å². The van der Waals surface area contributed by atoms with Crippen molar-refractivity contribution in [2.45, 2.75) is 25.9 Å². The predicted molar refractivity (Wildman–Crippen MR) is 50.2 cm³/mol. The minimum absolute atomic E-state index is 0.0855. The van der Waals surface area contributed by atoms with Gasteiger partial charge in [-0.25, -0.2) is 0 Å². The van der Waals surface area contributed by atoms with E-state index >= 15 is 0 Å². The quantitative estimate of drug-likeness (QED) is 0.515. The van der Waals surface area contributed by atoms with Crippen molar-refractivity contribution in [2.24, 2.45) is 0 Å². The molecule has 0 saturated carbocycles. The summed E-state index contributed by atoms with van der Waals surface area (Å²) in [6, 6.07) is 5.92. The zero-order valence-corrected chi connectivity index (χ0v) is 7.42. The Bertz CT molecular complexity index is 318. The molecule has 0 atom stereocenters. The second-order valence-electron chi connectivity index (χ2n) is 3.87. The molecule has 0 aromatic heterocycles. The summed E-state index contributed by atoms with van der Waals surface area (Å²) in [5, 5.41) is 0. The van der Waals surface area contributed by atoms with Crippen LogP contribution in [0.5, 0.6) is 5.75 Å². The van der Waals surface area contributed by atoms with Gasteiger partial charge >= 0.3 is 0 Å². The molecule has 0 aliphatic carbocycles. The molecule has 0 spiro atoms. The smallest absolute Gasteiger partial charge is 0.119 e. The van der Waals surface area contributed by atoms with E-state index in [1.807, 2.05) is 12.1 Å². The molecule has 12 heavy (non-hydrogen) atoms. The second-order valence-corrected chi connectivity index (χ2v) is 3.87. The second kappa shape index (κ2) is 2.29. The topological polar surface area (TPSA) is 9.23 Å². The van der Waals surface area contributed by atoms with Crippen LogP contribution in [-0.4, -0.2) is 13.4 Å². The molecule has 0 fully saturated rings. The molecule has 1 aromatic rings. The average molecular weight is 158 g/mol. The molecule has 1 aliphatic rings. The Morgan fingerprint density at radius 3 is 2.83 bits per heavy atom. The van der Waals surface area contributed by atoms with E-state index < -0.39 is 0 Å². The maximum Gasteiger partial charge on any atom is 0.119 e. The molecule has 1 heterocycles. The van der Waals surface area contributed by atoms with Gasteiger partial charge in [-0.15, -0.1) is 0 Å². The summed E-state index contributed by atoms with van der Waals surface area (Å²) in [6.07, 6.45) is 0.952. The van der Waals surface area contributed by atoms with Gasteiger partial charge in [0.05, 0.1) is 0 Å². The van der Waals surface area contributed by atoms with E-state index in [1.165, 1.54) is 5.56 Å². The molecule has 0 N–H and O–H groups in total. The first kappa shape index (κ1) is 7.72. The van der Waals surface area contributed by atoms with Crippen molar-refractivity contribution in [3.05, 3.63) is 23.8 Å².